The standard InChI is InChI=1S/C21H20N2O7/c1-28-21(27)14-6-2-3-7-15(14)22-18(24)12-30-20(26)10-11-23-16-8-4-5-9-17(16)29-13-19(23)25/h2-9H,10-13H2,1H3,(H,22,24). The van der Waals surface area contributed by atoms with Gasteiger partial charge in [-0.2, -0.15) is 0 Å². The quantitative estimate of drug-likeness (QED) is 0.690. The highest BCUT2D eigenvalue weighted by Crippen LogP contribution is 2.31. The van der Waals surface area contributed by atoms with E-state index in [2.05, 4.69) is 10.1 Å². The molecule has 1 heterocycles. The summed E-state index contributed by atoms with van der Waals surface area (Å²) >= 11 is 0. The minimum absolute atomic E-state index is 0.0912. The lowest BCUT2D eigenvalue weighted by molar-refractivity contribution is -0.147. The molecule has 2 aromatic rings. The molecule has 1 aliphatic heterocycles. The third kappa shape index (κ3) is 4.93. The van der Waals surface area contributed by atoms with Crippen LogP contribution in [0.5, 0.6) is 5.75 Å². The van der Waals surface area contributed by atoms with E-state index >= 15 is 0 Å². The number of nitrogens with zero attached hydrogens (tertiary/aromatic N) is 1. The number of methoxy groups -OCH3 is 1. The van der Waals surface area contributed by atoms with E-state index in [-0.39, 0.29) is 36.7 Å². The SMILES string of the molecule is COC(=O)c1ccccc1NC(=O)COC(=O)CCN1C(=O)COc2ccccc21. The van der Waals surface area contributed by atoms with Crippen LogP contribution in [0.25, 0.3) is 0 Å². The van der Waals surface area contributed by atoms with Crippen LogP contribution in [-0.4, -0.2) is 50.6 Å². The van der Waals surface area contributed by atoms with Gasteiger partial charge in [-0.05, 0) is 24.3 Å². The fourth-order valence-electron chi connectivity index (χ4n) is 2.89. The van der Waals surface area contributed by atoms with Gasteiger partial charge in [-0.3, -0.25) is 14.4 Å². The van der Waals surface area contributed by atoms with E-state index < -0.39 is 24.5 Å². The zero-order valence-electron chi connectivity index (χ0n) is 16.3. The highest BCUT2D eigenvalue weighted by atomic mass is 16.5. The van der Waals surface area contributed by atoms with Crippen LogP contribution in [0.2, 0.25) is 0 Å². The predicted octanol–water partition coefficient (Wildman–Crippen LogP) is 1.77. The van der Waals surface area contributed by atoms with Crippen LogP contribution in [0.15, 0.2) is 48.5 Å². The van der Waals surface area contributed by atoms with Crippen molar-refractivity contribution >= 4 is 35.1 Å². The Labute approximate surface area is 172 Å². The molecule has 0 saturated carbocycles. The molecule has 0 fully saturated rings. The van der Waals surface area contributed by atoms with Crippen LogP contribution in [0.1, 0.15) is 16.8 Å². The summed E-state index contributed by atoms with van der Waals surface area (Å²) in [7, 11) is 1.24. The van der Waals surface area contributed by atoms with E-state index in [1.54, 1.807) is 36.4 Å². The Bertz CT molecular complexity index is 973. The summed E-state index contributed by atoms with van der Waals surface area (Å²) < 4.78 is 15.0. The summed E-state index contributed by atoms with van der Waals surface area (Å²) in [5.41, 5.74) is 1.02. The Morgan fingerprint density at radius 1 is 1.10 bits per heavy atom. The maximum atomic E-state index is 12.1. The summed E-state index contributed by atoms with van der Waals surface area (Å²) in [6, 6.07) is 13.3. The Balaban J connectivity index is 1.50. The molecule has 1 aliphatic rings. The van der Waals surface area contributed by atoms with Crippen LogP contribution < -0.4 is 15.0 Å². The second kappa shape index (κ2) is 9.55. The van der Waals surface area contributed by atoms with E-state index in [0.29, 0.717) is 11.4 Å². The number of carbonyl (C=O) groups is 4. The lowest BCUT2D eigenvalue weighted by Crippen LogP contribution is -2.40. The van der Waals surface area contributed by atoms with Crippen molar-refractivity contribution in [2.24, 2.45) is 0 Å². The molecule has 0 atom stereocenters. The number of carbonyl (C=O) groups excluding carboxylic acids is 4. The van der Waals surface area contributed by atoms with Gasteiger partial charge in [0.15, 0.2) is 13.2 Å². The van der Waals surface area contributed by atoms with Gasteiger partial charge >= 0.3 is 11.9 Å². The van der Waals surface area contributed by atoms with Crippen molar-refractivity contribution in [1.29, 1.82) is 0 Å². The molecule has 30 heavy (non-hydrogen) atoms. The van der Waals surface area contributed by atoms with Crippen LogP contribution in [0.4, 0.5) is 11.4 Å². The maximum Gasteiger partial charge on any atom is 0.339 e. The summed E-state index contributed by atoms with van der Waals surface area (Å²) in [4.78, 5) is 49.4. The van der Waals surface area contributed by atoms with E-state index in [9.17, 15) is 19.2 Å². The number of para-hydroxylation sites is 3. The number of nitrogens with one attached hydrogen (secondary N) is 1. The van der Waals surface area contributed by atoms with Gasteiger partial charge < -0.3 is 24.4 Å². The normalized spacial score (nSPS) is 12.4. The van der Waals surface area contributed by atoms with Crippen LogP contribution in [0, 0.1) is 0 Å². The number of anilines is 2. The third-order valence-electron chi connectivity index (χ3n) is 4.32. The van der Waals surface area contributed by atoms with Gasteiger partial charge in [0.1, 0.15) is 5.75 Å². The fourth-order valence-corrected chi connectivity index (χ4v) is 2.89. The summed E-state index contributed by atoms with van der Waals surface area (Å²) in [6.07, 6.45) is -0.0912. The Morgan fingerprint density at radius 3 is 2.63 bits per heavy atom. The van der Waals surface area contributed by atoms with Gasteiger partial charge in [-0.25, -0.2) is 4.79 Å². The van der Waals surface area contributed by atoms with E-state index in [0.717, 1.165) is 0 Å². The molecule has 1 N–H and O–H groups in total. The predicted molar refractivity (Wildman–Crippen MR) is 106 cm³/mol. The number of ether oxygens (including phenoxy) is 3. The molecule has 156 valence electrons. The number of amides is 2. The number of hydrogen-bond donors (Lipinski definition) is 1. The van der Waals surface area contributed by atoms with Crippen molar-refractivity contribution in [2.45, 2.75) is 6.42 Å². The van der Waals surface area contributed by atoms with Gasteiger partial charge in [0.25, 0.3) is 11.8 Å². The molecule has 9 nitrogen and oxygen atoms in total. The third-order valence-corrected chi connectivity index (χ3v) is 4.32. The molecule has 2 aromatic carbocycles. The largest absolute Gasteiger partial charge is 0.482 e. The molecule has 0 spiro atoms. The maximum absolute atomic E-state index is 12.1. The van der Waals surface area contributed by atoms with Crippen molar-refractivity contribution in [3.8, 4) is 5.75 Å². The van der Waals surface area contributed by atoms with Crippen molar-refractivity contribution in [3.63, 3.8) is 0 Å². The highest BCUT2D eigenvalue weighted by Gasteiger charge is 2.25. The molecule has 9 heteroatoms. The minimum atomic E-state index is -0.636. The number of benzene rings is 2. The van der Waals surface area contributed by atoms with Crippen molar-refractivity contribution < 1.29 is 33.4 Å². The van der Waals surface area contributed by atoms with Gasteiger partial charge in [0.2, 0.25) is 0 Å². The van der Waals surface area contributed by atoms with Crippen molar-refractivity contribution in [2.75, 3.05) is 37.1 Å². The molecule has 2 amide bonds. The van der Waals surface area contributed by atoms with Crippen LogP contribution in [0.3, 0.4) is 0 Å². The highest BCUT2D eigenvalue weighted by molar-refractivity contribution is 6.02. The molecular weight excluding hydrogens is 392 g/mol. The topological polar surface area (TPSA) is 111 Å². The van der Waals surface area contributed by atoms with Crippen LogP contribution >= 0.6 is 0 Å². The first kappa shape index (κ1) is 20.8. The second-order valence-corrected chi connectivity index (χ2v) is 6.30. The molecule has 3 rings (SSSR count). The van der Waals surface area contributed by atoms with Crippen molar-refractivity contribution in [3.05, 3.63) is 54.1 Å². The average molecular weight is 412 g/mol. The minimum Gasteiger partial charge on any atom is -0.482 e. The number of hydrogen-bond acceptors (Lipinski definition) is 7. The van der Waals surface area contributed by atoms with Gasteiger partial charge in [-0.1, -0.05) is 24.3 Å². The van der Waals surface area contributed by atoms with E-state index in [4.69, 9.17) is 9.47 Å². The van der Waals surface area contributed by atoms with Crippen LogP contribution in [-0.2, 0) is 23.9 Å². The van der Waals surface area contributed by atoms with E-state index in [1.807, 2.05) is 0 Å². The van der Waals surface area contributed by atoms with Gasteiger partial charge in [-0.15, -0.1) is 0 Å². The molecule has 0 bridgehead atoms. The summed E-state index contributed by atoms with van der Waals surface area (Å²) in [5.74, 6) is -1.54. The first-order valence-corrected chi connectivity index (χ1v) is 9.14. The molecular formula is C21H20N2O7. The monoisotopic (exact) mass is 412 g/mol. The molecule has 0 unspecified atom stereocenters. The fraction of sp³-hybridized carbons (Fsp3) is 0.238. The number of rotatable bonds is 7. The second-order valence-electron chi connectivity index (χ2n) is 6.30. The lowest BCUT2D eigenvalue weighted by atomic mass is 10.2. The smallest absolute Gasteiger partial charge is 0.339 e. The molecule has 0 radical (unpaired) electrons. The number of esters is 2. The van der Waals surface area contributed by atoms with Gasteiger partial charge in [0.05, 0.1) is 30.5 Å². The first-order valence-electron chi connectivity index (χ1n) is 9.14. The molecule has 0 aromatic heterocycles. The zero-order valence-corrected chi connectivity index (χ0v) is 16.3. The molecule has 0 saturated heterocycles. The van der Waals surface area contributed by atoms with E-state index in [1.165, 1.54) is 24.1 Å². The average Bonchev–Trinajstić information content (AvgIpc) is 2.77. The molecule has 0 aliphatic carbocycles. The van der Waals surface area contributed by atoms with Crippen molar-refractivity contribution in [1.82, 2.24) is 0 Å². The summed E-state index contributed by atoms with van der Waals surface area (Å²) in [5, 5.41) is 2.51. The Kier molecular flexibility index (Phi) is 6.63. The zero-order chi connectivity index (χ0) is 21.5. The van der Waals surface area contributed by atoms with Gasteiger partial charge in [0, 0.05) is 6.54 Å². The number of fused-ring (bicyclic) bond motifs is 1. The lowest BCUT2D eigenvalue weighted by Gasteiger charge is -2.28. The summed E-state index contributed by atoms with van der Waals surface area (Å²) in [6.45, 7) is -0.527. The first-order chi connectivity index (χ1) is 14.5. The Morgan fingerprint density at radius 2 is 1.83 bits per heavy atom. The Hall–Kier alpha value is -3.88.